The highest BCUT2D eigenvalue weighted by Gasteiger charge is 2.23. The van der Waals surface area contributed by atoms with Gasteiger partial charge in [0.05, 0.1) is 5.69 Å². The Labute approximate surface area is 120 Å². The number of nitrogen functional groups attached to an aromatic ring is 1. The van der Waals surface area contributed by atoms with Gasteiger partial charge in [-0.2, -0.15) is 11.8 Å². The minimum absolute atomic E-state index is 0.0659. The van der Waals surface area contributed by atoms with Crippen molar-refractivity contribution in [3.8, 4) is 0 Å². The normalized spacial score (nSPS) is 12.6. The van der Waals surface area contributed by atoms with Gasteiger partial charge in [0.1, 0.15) is 15.2 Å². The molecule has 0 saturated heterocycles. The molecule has 19 heavy (non-hydrogen) atoms. The van der Waals surface area contributed by atoms with E-state index in [0.717, 1.165) is 5.75 Å². The number of hydrogen-bond donors (Lipinski definition) is 1. The molecule has 0 aliphatic rings. The van der Waals surface area contributed by atoms with Crippen molar-refractivity contribution in [2.24, 2.45) is 0 Å². The summed E-state index contributed by atoms with van der Waals surface area (Å²) in [6, 6.07) is 0.160. The quantitative estimate of drug-likeness (QED) is 0.935. The Morgan fingerprint density at radius 1 is 1.53 bits per heavy atom. The molecule has 0 aliphatic carbocycles. The van der Waals surface area contributed by atoms with Crippen LogP contribution in [0.5, 0.6) is 0 Å². The third-order valence-electron chi connectivity index (χ3n) is 2.95. The first-order valence-electron chi connectivity index (χ1n) is 5.81. The molecule has 0 bridgehead atoms. The Bertz CT molecular complexity index is 598. The van der Waals surface area contributed by atoms with Gasteiger partial charge < -0.3 is 10.6 Å². The smallest absolute Gasteiger partial charge is 0.266 e. The van der Waals surface area contributed by atoms with E-state index in [-0.39, 0.29) is 11.9 Å². The average Bonchev–Trinajstić information content (AvgIpc) is 2.75. The van der Waals surface area contributed by atoms with E-state index in [1.807, 2.05) is 13.2 Å². The maximum atomic E-state index is 12.4. The summed E-state index contributed by atoms with van der Waals surface area (Å²) < 4.78 is 0. The Morgan fingerprint density at radius 2 is 2.21 bits per heavy atom. The van der Waals surface area contributed by atoms with Crippen molar-refractivity contribution in [1.29, 1.82) is 0 Å². The van der Waals surface area contributed by atoms with E-state index in [1.165, 1.54) is 11.3 Å². The second-order valence-corrected chi connectivity index (χ2v) is 6.19. The molecule has 0 saturated carbocycles. The van der Waals surface area contributed by atoms with Crippen LogP contribution in [0.25, 0.3) is 10.3 Å². The van der Waals surface area contributed by atoms with Gasteiger partial charge in [-0.15, -0.1) is 11.3 Å². The average molecular weight is 296 g/mol. The molecule has 1 amide bonds. The van der Waals surface area contributed by atoms with E-state index >= 15 is 0 Å². The number of hydrogen-bond acceptors (Lipinski definition) is 6. The van der Waals surface area contributed by atoms with Gasteiger partial charge in [-0.1, -0.05) is 0 Å². The van der Waals surface area contributed by atoms with Crippen LogP contribution >= 0.6 is 23.1 Å². The van der Waals surface area contributed by atoms with E-state index in [9.17, 15) is 4.79 Å². The predicted molar refractivity (Wildman–Crippen MR) is 81.8 cm³/mol. The summed E-state index contributed by atoms with van der Waals surface area (Å²) in [6.45, 7) is 2.02. The minimum Gasteiger partial charge on any atom is -0.396 e. The maximum Gasteiger partial charge on any atom is 0.266 e. The van der Waals surface area contributed by atoms with Gasteiger partial charge >= 0.3 is 0 Å². The number of thioether (sulfide) groups is 1. The number of thiophene rings is 1. The molecule has 0 radical (unpaired) electrons. The lowest BCUT2D eigenvalue weighted by Gasteiger charge is -2.23. The monoisotopic (exact) mass is 296 g/mol. The fourth-order valence-corrected chi connectivity index (χ4v) is 3.43. The second kappa shape index (κ2) is 5.75. The lowest BCUT2D eigenvalue weighted by Crippen LogP contribution is -2.36. The highest BCUT2D eigenvalue weighted by Crippen LogP contribution is 2.31. The zero-order chi connectivity index (χ0) is 14.0. The summed E-state index contributed by atoms with van der Waals surface area (Å²) in [4.78, 5) is 23.7. The Balaban J connectivity index is 2.33. The third kappa shape index (κ3) is 2.66. The molecular formula is C12H16N4OS2. The molecule has 7 heteroatoms. The molecule has 2 rings (SSSR count). The first kappa shape index (κ1) is 14.1. The van der Waals surface area contributed by atoms with Crippen LogP contribution in [0, 0.1) is 0 Å². The highest BCUT2D eigenvalue weighted by atomic mass is 32.2. The van der Waals surface area contributed by atoms with Gasteiger partial charge in [-0.05, 0) is 13.2 Å². The van der Waals surface area contributed by atoms with E-state index in [0.29, 0.717) is 20.9 Å². The fourth-order valence-electron chi connectivity index (χ4n) is 1.72. The second-order valence-electron chi connectivity index (χ2n) is 4.28. The van der Waals surface area contributed by atoms with Gasteiger partial charge in [0, 0.05) is 31.2 Å². The van der Waals surface area contributed by atoms with E-state index < -0.39 is 0 Å². The molecular weight excluding hydrogens is 280 g/mol. The van der Waals surface area contributed by atoms with Crippen molar-refractivity contribution < 1.29 is 4.79 Å². The summed E-state index contributed by atoms with van der Waals surface area (Å²) in [5, 5.41) is 0. The highest BCUT2D eigenvalue weighted by molar-refractivity contribution is 7.98. The number of carbonyl (C=O) groups excluding carboxylic acids is 1. The summed E-state index contributed by atoms with van der Waals surface area (Å²) in [5.41, 5.74) is 7.05. The van der Waals surface area contributed by atoms with Crippen molar-refractivity contribution >= 4 is 45.0 Å². The molecule has 102 valence electrons. The molecule has 0 aliphatic heterocycles. The zero-order valence-corrected chi connectivity index (χ0v) is 12.7. The SMILES string of the molecule is CSCC(C)N(C)C(=O)c1sc2nccnc2c1N. The largest absolute Gasteiger partial charge is 0.396 e. The molecule has 2 aromatic heterocycles. The molecule has 2 heterocycles. The summed E-state index contributed by atoms with van der Waals surface area (Å²) in [5.74, 6) is 0.827. The molecule has 0 spiro atoms. The summed E-state index contributed by atoms with van der Waals surface area (Å²) in [7, 11) is 1.80. The molecule has 2 aromatic rings. The lowest BCUT2D eigenvalue weighted by molar-refractivity contribution is 0.0763. The van der Waals surface area contributed by atoms with Crippen LogP contribution in [0.1, 0.15) is 16.6 Å². The van der Waals surface area contributed by atoms with Crippen LogP contribution < -0.4 is 5.73 Å². The van der Waals surface area contributed by atoms with E-state index in [4.69, 9.17) is 5.73 Å². The van der Waals surface area contributed by atoms with Crippen molar-refractivity contribution in [3.63, 3.8) is 0 Å². The van der Waals surface area contributed by atoms with Gasteiger partial charge in [0.25, 0.3) is 5.91 Å². The molecule has 5 nitrogen and oxygen atoms in total. The lowest BCUT2D eigenvalue weighted by atomic mass is 10.3. The van der Waals surface area contributed by atoms with E-state index in [2.05, 4.69) is 9.97 Å². The van der Waals surface area contributed by atoms with Crippen LogP contribution in [0.4, 0.5) is 5.69 Å². The number of nitrogens with two attached hydrogens (primary N) is 1. The van der Waals surface area contributed by atoms with Crippen LogP contribution in [0.15, 0.2) is 12.4 Å². The first-order chi connectivity index (χ1) is 9.06. The van der Waals surface area contributed by atoms with Crippen LogP contribution in [0.2, 0.25) is 0 Å². The topological polar surface area (TPSA) is 72.1 Å². The van der Waals surface area contributed by atoms with Crippen molar-refractivity contribution in [2.75, 3.05) is 24.8 Å². The Kier molecular flexibility index (Phi) is 4.26. The van der Waals surface area contributed by atoms with Crippen molar-refractivity contribution in [2.45, 2.75) is 13.0 Å². The molecule has 0 fully saturated rings. The first-order valence-corrected chi connectivity index (χ1v) is 8.02. The van der Waals surface area contributed by atoms with Gasteiger partial charge in [0.15, 0.2) is 0 Å². The standard InChI is InChI=1S/C12H16N4OS2/c1-7(6-18-3)16(2)12(17)10-8(13)9-11(19-10)15-5-4-14-9/h4-5,7H,6,13H2,1-3H3. The van der Waals surface area contributed by atoms with Crippen molar-refractivity contribution in [3.05, 3.63) is 17.3 Å². The molecule has 1 atom stereocenters. The number of fused-ring (bicyclic) bond motifs is 1. The molecule has 0 aromatic carbocycles. The minimum atomic E-state index is -0.0659. The Morgan fingerprint density at radius 3 is 2.84 bits per heavy atom. The van der Waals surface area contributed by atoms with Gasteiger partial charge in [-0.3, -0.25) is 4.79 Å². The number of rotatable bonds is 4. The predicted octanol–water partition coefficient (Wildman–Crippen LogP) is 2.10. The van der Waals surface area contributed by atoms with E-state index in [1.54, 1.807) is 36.1 Å². The zero-order valence-electron chi connectivity index (χ0n) is 11.1. The van der Waals surface area contributed by atoms with Crippen LogP contribution in [0.3, 0.4) is 0 Å². The van der Waals surface area contributed by atoms with Crippen LogP contribution in [-0.2, 0) is 0 Å². The van der Waals surface area contributed by atoms with Crippen molar-refractivity contribution in [1.82, 2.24) is 14.9 Å². The third-order valence-corrected chi connectivity index (χ3v) is 4.85. The number of amides is 1. The number of aromatic nitrogens is 2. The maximum absolute atomic E-state index is 12.4. The summed E-state index contributed by atoms with van der Waals surface area (Å²) in [6.07, 6.45) is 5.21. The van der Waals surface area contributed by atoms with Gasteiger partial charge in [-0.25, -0.2) is 9.97 Å². The molecule has 1 unspecified atom stereocenters. The summed E-state index contributed by atoms with van der Waals surface area (Å²) >= 11 is 3.01. The van der Waals surface area contributed by atoms with Gasteiger partial charge in [0.2, 0.25) is 0 Å². The van der Waals surface area contributed by atoms with Crippen LogP contribution in [-0.4, -0.2) is 45.9 Å². The number of anilines is 1. The number of nitrogens with zero attached hydrogens (tertiary/aromatic N) is 3. The molecule has 2 N–H and O–H groups in total. The fraction of sp³-hybridized carbons (Fsp3) is 0.417. The Hall–Kier alpha value is -1.34. The number of carbonyl (C=O) groups is 1.